The Bertz CT molecular complexity index is 800. The molecule has 132 valence electrons. The highest BCUT2D eigenvalue weighted by atomic mass is 35.5. The zero-order chi connectivity index (χ0) is 18.4. The molecule has 0 aromatic heterocycles. The van der Waals surface area contributed by atoms with Gasteiger partial charge in [0.25, 0.3) is 5.91 Å². The highest BCUT2D eigenvalue weighted by Crippen LogP contribution is 2.26. The number of hydrogen-bond acceptors (Lipinski definition) is 5. The fraction of sp³-hybridized carbons (Fsp3) is 0.125. The van der Waals surface area contributed by atoms with E-state index >= 15 is 0 Å². The lowest BCUT2D eigenvalue weighted by atomic mass is 10.2. The average Bonchev–Trinajstić information content (AvgIpc) is 2.59. The van der Waals surface area contributed by atoms with Crippen LogP contribution in [0.25, 0.3) is 0 Å². The number of benzene rings is 2. The van der Waals surface area contributed by atoms with E-state index in [1.54, 1.807) is 0 Å². The van der Waals surface area contributed by atoms with Crippen molar-refractivity contribution in [1.82, 2.24) is 10.9 Å². The number of amides is 2. The summed E-state index contributed by atoms with van der Waals surface area (Å²) in [4.78, 5) is 23.5. The summed E-state index contributed by atoms with van der Waals surface area (Å²) in [5.74, 6) is -1.16. The number of phenols is 1. The van der Waals surface area contributed by atoms with Crippen LogP contribution in [0, 0.1) is 5.82 Å². The minimum absolute atomic E-state index is 0.112. The Morgan fingerprint density at radius 1 is 1.20 bits per heavy atom. The number of carbonyl (C=O) groups is 2. The number of methoxy groups -OCH3 is 1. The number of hydrogen-bond donors (Lipinski definition) is 3. The molecule has 3 N–H and O–H groups in total. The van der Waals surface area contributed by atoms with Gasteiger partial charge in [-0.1, -0.05) is 17.7 Å². The van der Waals surface area contributed by atoms with E-state index in [9.17, 15) is 19.1 Å². The summed E-state index contributed by atoms with van der Waals surface area (Å²) < 4.78 is 22.7. The maximum atomic E-state index is 12.9. The zero-order valence-electron chi connectivity index (χ0n) is 13.0. The highest BCUT2D eigenvalue weighted by molar-refractivity contribution is 6.31. The summed E-state index contributed by atoms with van der Waals surface area (Å²) >= 11 is 5.81. The van der Waals surface area contributed by atoms with Crippen LogP contribution in [0.2, 0.25) is 5.02 Å². The maximum absolute atomic E-state index is 12.9. The predicted octanol–water partition coefficient (Wildman–Crippen LogP) is 2.76. The Balaban J connectivity index is 1.86. The summed E-state index contributed by atoms with van der Waals surface area (Å²) in [5, 5.41) is 9.59. The minimum atomic E-state index is -0.931. The second kappa shape index (κ2) is 8.20. The van der Waals surface area contributed by atoms with E-state index in [1.807, 2.05) is 0 Å². The Labute approximate surface area is 147 Å². The van der Waals surface area contributed by atoms with Gasteiger partial charge in [0.15, 0.2) is 11.5 Å². The number of hydrazine groups is 1. The molecule has 0 saturated carbocycles. The molecule has 0 radical (unpaired) electrons. The molecule has 2 aromatic carbocycles. The van der Waals surface area contributed by atoms with Crippen LogP contribution >= 0.6 is 11.6 Å². The van der Waals surface area contributed by atoms with Crippen LogP contribution in [0.4, 0.5) is 9.18 Å². The molecule has 0 aliphatic carbocycles. The molecule has 0 spiro atoms. The number of carbonyl (C=O) groups excluding carboxylic acids is 2. The van der Waals surface area contributed by atoms with Gasteiger partial charge in [-0.15, -0.1) is 0 Å². The number of ether oxygens (including phenoxy) is 2. The zero-order valence-corrected chi connectivity index (χ0v) is 13.8. The normalized spacial score (nSPS) is 10.0. The molecule has 9 heteroatoms. The molecule has 0 heterocycles. The molecule has 2 rings (SSSR count). The molecular formula is C16H14ClFN2O5. The fourth-order valence-corrected chi connectivity index (χ4v) is 2.04. The maximum Gasteiger partial charge on any atom is 0.426 e. The fourth-order valence-electron chi connectivity index (χ4n) is 1.82. The first-order valence-electron chi connectivity index (χ1n) is 6.94. The molecule has 0 aliphatic rings. The molecule has 0 atom stereocenters. The summed E-state index contributed by atoms with van der Waals surface area (Å²) in [6.45, 7) is -0.201. The SMILES string of the molecule is COc1cc(C(=O)NNC(=O)OCc2ccc(F)cc2Cl)ccc1O. The molecular weight excluding hydrogens is 355 g/mol. The molecule has 0 aliphatic heterocycles. The third-order valence-corrected chi connectivity index (χ3v) is 3.45. The van der Waals surface area contributed by atoms with Crippen LogP contribution in [-0.2, 0) is 11.3 Å². The second-order valence-electron chi connectivity index (χ2n) is 4.78. The van der Waals surface area contributed by atoms with E-state index in [4.69, 9.17) is 21.1 Å². The summed E-state index contributed by atoms with van der Waals surface area (Å²) in [6.07, 6.45) is -0.931. The first-order chi connectivity index (χ1) is 11.9. The lowest BCUT2D eigenvalue weighted by Gasteiger charge is -2.10. The van der Waals surface area contributed by atoms with Crippen LogP contribution in [0.15, 0.2) is 36.4 Å². The largest absolute Gasteiger partial charge is 0.504 e. The summed E-state index contributed by atoms with van der Waals surface area (Å²) in [5.41, 5.74) is 4.75. The average molecular weight is 369 g/mol. The second-order valence-corrected chi connectivity index (χ2v) is 5.18. The molecule has 2 amide bonds. The van der Waals surface area contributed by atoms with Gasteiger partial charge in [-0.25, -0.2) is 14.6 Å². The van der Waals surface area contributed by atoms with Crippen molar-refractivity contribution in [2.75, 3.05) is 7.11 Å². The van der Waals surface area contributed by atoms with Gasteiger partial charge < -0.3 is 14.6 Å². The molecule has 0 unspecified atom stereocenters. The first kappa shape index (κ1) is 18.3. The Morgan fingerprint density at radius 2 is 1.96 bits per heavy atom. The van der Waals surface area contributed by atoms with Gasteiger partial charge in [-0.05, 0) is 30.3 Å². The number of rotatable bonds is 4. The van der Waals surface area contributed by atoms with Crippen LogP contribution in [0.3, 0.4) is 0 Å². The molecule has 2 aromatic rings. The number of phenolic OH excluding ortho intramolecular Hbond substituents is 1. The van der Waals surface area contributed by atoms with Gasteiger partial charge in [0.2, 0.25) is 0 Å². The van der Waals surface area contributed by atoms with Gasteiger partial charge in [-0.3, -0.25) is 10.2 Å². The van der Waals surface area contributed by atoms with Crippen molar-refractivity contribution in [3.63, 3.8) is 0 Å². The van der Waals surface area contributed by atoms with Crippen molar-refractivity contribution in [3.8, 4) is 11.5 Å². The molecule has 7 nitrogen and oxygen atoms in total. The van der Waals surface area contributed by atoms with Crippen LogP contribution in [0.5, 0.6) is 11.5 Å². The van der Waals surface area contributed by atoms with Gasteiger partial charge in [0.1, 0.15) is 12.4 Å². The van der Waals surface area contributed by atoms with E-state index in [2.05, 4.69) is 10.9 Å². The van der Waals surface area contributed by atoms with E-state index in [0.29, 0.717) is 5.56 Å². The van der Waals surface area contributed by atoms with Crippen LogP contribution < -0.4 is 15.6 Å². The lowest BCUT2D eigenvalue weighted by Crippen LogP contribution is -2.41. The van der Waals surface area contributed by atoms with Crippen LogP contribution in [0.1, 0.15) is 15.9 Å². The third kappa shape index (κ3) is 4.98. The van der Waals surface area contributed by atoms with E-state index < -0.39 is 17.8 Å². The van der Waals surface area contributed by atoms with E-state index in [-0.39, 0.29) is 28.7 Å². The van der Waals surface area contributed by atoms with Gasteiger partial charge in [0.05, 0.1) is 12.1 Å². The monoisotopic (exact) mass is 368 g/mol. The third-order valence-electron chi connectivity index (χ3n) is 3.09. The van der Waals surface area contributed by atoms with E-state index in [0.717, 1.165) is 6.07 Å². The van der Waals surface area contributed by atoms with E-state index in [1.165, 1.54) is 37.4 Å². The van der Waals surface area contributed by atoms with Crippen LogP contribution in [-0.4, -0.2) is 24.2 Å². The van der Waals surface area contributed by atoms with Crippen molar-refractivity contribution < 1.29 is 28.6 Å². The standard InChI is InChI=1S/C16H14ClFN2O5/c1-24-14-6-9(3-5-13(14)21)15(22)19-20-16(23)25-8-10-2-4-11(18)7-12(10)17/h2-7,21H,8H2,1H3,(H,19,22)(H,20,23). The van der Waals surface area contributed by atoms with Crippen molar-refractivity contribution in [1.29, 1.82) is 0 Å². The smallest absolute Gasteiger partial charge is 0.426 e. The Hall–Kier alpha value is -3.00. The molecule has 0 saturated heterocycles. The summed E-state index contributed by atoms with van der Waals surface area (Å²) in [7, 11) is 1.34. The molecule has 25 heavy (non-hydrogen) atoms. The van der Waals surface area contributed by atoms with Gasteiger partial charge >= 0.3 is 6.09 Å². The Kier molecular flexibility index (Phi) is 6.02. The number of halogens is 2. The van der Waals surface area contributed by atoms with Crippen molar-refractivity contribution in [2.45, 2.75) is 6.61 Å². The number of nitrogens with one attached hydrogen (secondary N) is 2. The Morgan fingerprint density at radius 3 is 2.64 bits per heavy atom. The van der Waals surface area contributed by atoms with Gasteiger partial charge in [-0.2, -0.15) is 0 Å². The molecule has 0 fully saturated rings. The topological polar surface area (TPSA) is 96.9 Å². The summed E-state index contributed by atoms with van der Waals surface area (Å²) in [6, 6.07) is 7.59. The van der Waals surface area contributed by atoms with Crippen molar-refractivity contribution >= 4 is 23.6 Å². The van der Waals surface area contributed by atoms with Gasteiger partial charge in [0, 0.05) is 11.1 Å². The predicted molar refractivity (Wildman–Crippen MR) is 86.9 cm³/mol. The van der Waals surface area contributed by atoms with Crippen molar-refractivity contribution in [3.05, 3.63) is 58.4 Å². The first-order valence-corrected chi connectivity index (χ1v) is 7.32. The highest BCUT2D eigenvalue weighted by Gasteiger charge is 2.12. The molecule has 0 bridgehead atoms. The van der Waals surface area contributed by atoms with Crippen molar-refractivity contribution in [2.24, 2.45) is 0 Å². The minimum Gasteiger partial charge on any atom is -0.504 e. The number of aromatic hydroxyl groups is 1. The lowest BCUT2D eigenvalue weighted by molar-refractivity contribution is 0.0904. The quantitative estimate of drug-likeness (QED) is 0.721.